The Morgan fingerprint density at radius 3 is 2.74 bits per heavy atom. The number of benzene rings is 1. The highest BCUT2D eigenvalue weighted by Crippen LogP contribution is 2.23. The molecule has 23 heavy (non-hydrogen) atoms. The minimum Gasteiger partial charge on any atom is -0.364 e. The molecule has 2 atom stereocenters. The number of hydrogen-bond donors (Lipinski definition) is 2. The minimum absolute atomic E-state index is 0.0673. The van der Waals surface area contributed by atoms with Crippen LogP contribution >= 0.6 is 0 Å². The molecule has 2 unspecified atom stereocenters. The van der Waals surface area contributed by atoms with Gasteiger partial charge in [-0.05, 0) is 67.9 Å². The zero-order valence-corrected chi connectivity index (χ0v) is 13.7. The van der Waals surface area contributed by atoms with Crippen LogP contribution in [0, 0.1) is 12.8 Å². The van der Waals surface area contributed by atoms with Gasteiger partial charge in [-0.3, -0.25) is 0 Å². The third kappa shape index (κ3) is 4.78. The molecule has 2 heterocycles. The van der Waals surface area contributed by atoms with E-state index < -0.39 is 0 Å². The molecular weight excluding hydrogens is 286 g/mol. The lowest BCUT2D eigenvalue weighted by Crippen LogP contribution is -2.32. The van der Waals surface area contributed by atoms with Crippen LogP contribution in [0.2, 0.25) is 0 Å². The van der Waals surface area contributed by atoms with Crippen LogP contribution in [0.3, 0.4) is 0 Å². The molecule has 1 aliphatic heterocycles. The Kier molecular flexibility index (Phi) is 5.26. The van der Waals surface area contributed by atoms with Crippen molar-refractivity contribution in [2.24, 2.45) is 11.7 Å². The fraction of sp³-hybridized carbons (Fsp3) is 0.421. The van der Waals surface area contributed by atoms with Crippen LogP contribution < -0.4 is 11.1 Å². The van der Waals surface area contributed by atoms with Gasteiger partial charge in [-0.25, -0.2) is 4.98 Å². The van der Waals surface area contributed by atoms with Crippen molar-refractivity contribution < 1.29 is 4.74 Å². The molecule has 0 saturated carbocycles. The first-order valence-corrected chi connectivity index (χ1v) is 8.35. The number of nitrogens with zero attached hydrogens (tertiary/aromatic N) is 1. The highest BCUT2D eigenvalue weighted by Gasteiger charge is 2.19. The summed E-state index contributed by atoms with van der Waals surface area (Å²) in [5.41, 5.74) is 9.46. The molecule has 3 rings (SSSR count). The van der Waals surface area contributed by atoms with Gasteiger partial charge in [0.1, 0.15) is 12.0 Å². The van der Waals surface area contributed by atoms with E-state index in [2.05, 4.69) is 40.6 Å². The first-order chi connectivity index (χ1) is 11.2. The van der Waals surface area contributed by atoms with E-state index in [-0.39, 0.29) is 6.23 Å². The van der Waals surface area contributed by atoms with Gasteiger partial charge in [-0.2, -0.15) is 0 Å². The number of anilines is 2. The van der Waals surface area contributed by atoms with E-state index in [1.165, 1.54) is 17.5 Å². The van der Waals surface area contributed by atoms with Crippen molar-refractivity contribution in [1.29, 1.82) is 0 Å². The van der Waals surface area contributed by atoms with Crippen molar-refractivity contribution in [1.82, 2.24) is 4.98 Å². The molecule has 3 N–H and O–H groups in total. The predicted molar refractivity (Wildman–Crippen MR) is 93.7 cm³/mol. The Balaban J connectivity index is 1.51. The number of nitrogens with one attached hydrogen (secondary N) is 1. The second-order valence-corrected chi connectivity index (χ2v) is 6.38. The van der Waals surface area contributed by atoms with E-state index in [0.29, 0.717) is 5.92 Å². The maximum Gasteiger partial charge on any atom is 0.130 e. The van der Waals surface area contributed by atoms with Crippen LogP contribution in [-0.4, -0.2) is 17.8 Å². The number of rotatable bonds is 5. The molecule has 1 saturated heterocycles. The van der Waals surface area contributed by atoms with Crippen LogP contribution in [-0.2, 0) is 11.2 Å². The Labute approximate surface area is 138 Å². The molecular formula is C19H25N3O. The monoisotopic (exact) mass is 311 g/mol. The maximum atomic E-state index is 5.86. The number of pyridine rings is 1. The quantitative estimate of drug-likeness (QED) is 0.882. The maximum absolute atomic E-state index is 5.86. The average Bonchev–Trinajstić information content (AvgIpc) is 2.56. The summed E-state index contributed by atoms with van der Waals surface area (Å²) >= 11 is 0. The Morgan fingerprint density at radius 1 is 1.22 bits per heavy atom. The summed E-state index contributed by atoms with van der Waals surface area (Å²) in [6.45, 7) is 2.84. The summed E-state index contributed by atoms with van der Waals surface area (Å²) in [6.07, 6.45) is 6.20. The predicted octanol–water partition coefficient (Wildman–Crippen LogP) is 3.78. The number of aromatic nitrogens is 1. The van der Waals surface area contributed by atoms with Crippen molar-refractivity contribution >= 4 is 11.5 Å². The zero-order chi connectivity index (χ0) is 16.1. The van der Waals surface area contributed by atoms with Gasteiger partial charge >= 0.3 is 0 Å². The smallest absolute Gasteiger partial charge is 0.130 e. The van der Waals surface area contributed by atoms with E-state index >= 15 is 0 Å². The molecule has 4 nitrogen and oxygen atoms in total. The van der Waals surface area contributed by atoms with Gasteiger partial charge in [0.15, 0.2) is 0 Å². The van der Waals surface area contributed by atoms with Gasteiger partial charge in [0, 0.05) is 18.5 Å². The summed E-state index contributed by atoms with van der Waals surface area (Å²) in [7, 11) is 0. The van der Waals surface area contributed by atoms with Gasteiger partial charge in [0.05, 0.1) is 0 Å². The van der Waals surface area contributed by atoms with Crippen molar-refractivity contribution in [3.8, 4) is 0 Å². The number of hydrogen-bond acceptors (Lipinski definition) is 4. The Hall–Kier alpha value is -1.91. The average molecular weight is 311 g/mol. The fourth-order valence-corrected chi connectivity index (χ4v) is 2.98. The van der Waals surface area contributed by atoms with Gasteiger partial charge in [0.25, 0.3) is 0 Å². The summed E-state index contributed by atoms with van der Waals surface area (Å²) in [5.74, 6) is 1.56. The molecule has 0 amide bonds. The van der Waals surface area contributed by atoms with E-state index in [1.54, 1.807) is 0 Å². The van der Waals surface area contributed by atoms with E-state index in [4.69, 9.17) is 10.5 Å². The molecule has 0 aliphatic carbocycles. The van der Waals surface area contributed by atoms with Crippen LogP contribution in [0.5, 0.6) is 0 Å². The lowest BCUT2D eigenvalue weighted by Gasteiger charge is -2.26. The molecule has 1 aromatic carbocycles. The summed E-state index contributed by atoms with van der Waals surface area (Å²) in [4.78, 5) is 4.37. The van der Waals surface area contributed by atoms with Gasteiger partial charge in [-0.1, -0.05) is 18.2 Å². The molecule has 1 aromatic heterocycles. The molecule has 0 radical (unpaired) electrons. The van der Waals surface area contributed by atoms with Crippen LogP contribution in [0.15, 0.2) is 42.6 Å². The first-order valence-electron chi connectivity index (χ1n) is 8.35. The molecule has 2 aromatic rings. The lowest BCUT2D eigenvalue weighted by atomic mass is 9.92. The third-order valence-corrected chi connectivity index (χ3v) is 4.40. The Bertz CT molecular complexity index is 610. The molecule has 1 fully saturated rings. The SMILES string of the molecule is Cc1ccc(Nc2ccc(CCC3CCOC(N)C3)cc2)nc1. The normalized spacial score (nSPS) is 21.1. The summed E-state index contributed by atoms with van der Waals surface area (Å²) in [5, 5.41) is 3.33. The van der Waals surface area contributed by atoms with Gasteiger partial charge in [-0.15, -0.1) is 0 Å². The third-order valence-electron chi connectivity index (χ3n) is 4.40. The summed E-state index contributed by atoms with van der Waals surface area (Å²) < 4.78 is 5.40. The van der Waals surface area contributed by atoms with Crippen LogP contribution in [0.25, 0.3) is 0 Å². The first kappa shape index (κ1) is 16.0. The fourth-order valence-electron chi connectivity index (χ4n) is 2.98. The molecule has 0 bridgehead atoms. The zero-order valence-electron chi connectivity index (χ0n) is 13.7. The second-order valence-electron chi connectivity index (χ2n) is 6.38. The van der Waals surface area contributed by atoms with Crippen molar-refractivity contribution in [3.63, 3.8) is 0 Å². The molecule has 122 valence electrons. The van der Waals surface area contributed by atoms with Crippen LogP contribution in [0.1, 0.15) is 30.4 Å². The summed E-state index contributed by atoms with van der Waals surface area (Å²) in [6, 6.07) is 12.7. The highest BCUT2D eigenvalue weighted by atomic mass is 16.5. The van der Waals surface area contributed by atoms with E-state index in [1.807, 2.05) is 19.2 Å². The standard InChI is InChI=1S/C19H25N3O/c1-14-2-9-19(21-13-14)22-17-7-5-15(6-8-17)3-4-16-10-11-23-18(20)12-16/h2,5-9,13,16,18H,3-4,10-12,20H2,1H3,(H,21,22). The number of aryl methyl sites for hydroxylation is 2. The second kappa shape index (κ2) is 7.57. The molecule has 1 aliphatic rings. The van der Waals surface area contributed by atoms with E-state index in [0.717, 1.165) is 37.4 Å². The highest BCUT2D eigenvalue weighted by molar-refractivity contribution is 5.56. The molecule has 4 heteroatoms. The van der Waals surface area contributed by atoms with Gasteiger partial charge in [0.2, 0.25) is 0 Å². The number of ether oxygens (including phenoxy) is 1. The van der Waals surface area contributed by atoms with Crippen molar-refractivity contribution in [2.75, 3.05) is 11.9 Å². The number of nitrogens with two attached hydrogens (primary N) is 1. The van der Waals surface area contributed by atoms with E-state index in [9.17, 15) is 0 Å². The van der Waals surface area contributed by atoms with Gasteiger partial charge < -0.3 is 15.8 Å². The van der Waals surface area contributed by atoms with Crippen molar-refractivity contribution in [2.45, 2.75) is 38.8 Å². The lowest BCUT2D eigenvalue weighted by molar-refractivity contribution is -0.00624. The van der Waals surface area contributed by atoms with Crippen molar-refractivity contribution in [3.05, 3.63) is 53.7 Å². The van der Waals surface area contributed by atoms with Crippen LogP contribution in [0.4, 0.5) is 11.5 Å². The largest absolute Gasteiger partial charge is 0.364 e. The minimum atomic E-state index is -0.0673. The Morgan fingerprint density at radius 2 is 2.04 bits per heavy atom. The molecule has 0 spiro atoms. The topological polar surface area (TPSA) is 60.2 Å².